The Morgan fingerprint density at radius 1 is 1.19 bits per heavy atom. The molecular weight excluding hydrogens is 332 g/mol. The minimum atomic E-state index is -0.373. The van der Waals surface area contributed by atoms with Crippen LogP contribution in [0.25, 0.3) is 0 Å². The number of esters is 1. The molecule has 0 aliphatic heterocycles. The van der Waals surface area contributed by atoms with Crippen molar-refractivity contribution in [1.82, 2.24) is 10.2 Å². The first-order valence-electron chi connectivity index (χ1n) is 10.00. The van der Waals surface area contributed by atoms with Gasteiger partial charge in [0.2, 0.25) is 11.8 Å². The largest absolute Gasteiger partial charge is 0.469 e. The molecule has 1 unspecified atom stereocenters. The molecule has 0 aromatic rings. The van der Waals surface area contributed by atoms with Gasteiger partial charge in [-0.1, -0.05) is 33.1 Å². The number of methoxy groups -OCH3 is 1. The number of nitrogens with one attached hydrogen (secondary N) is 1. The number of unbranched alkanes of at least 4 members (excludes halogenated alkanes) is 1. The maximum absolute atomic E-state index is 13.0. The molecule has 1 atom stereocenters. The van der Waals surface area contributed by atoms with E-state index in [1.807, 2.05) is 0 Å². The summed E-state index contributed by atoms with van der Waals surface area (Å²) >= 11 is 0. The van der Waals surface area contributed by atoms with Crippen LogP contribution in [0.2, 0.25) is 0 Å². The van der Waals surface area contributed by atoms with E-state index in [9.17, 15) is 14.4 Å². The highest BCUT2D eigenvalue weighted by atomic mass is 16.5. The van der Waals surface area contributed by atoms with Crippen LogP contribution in [0.5, 0.6) is 0 Å². The minimum Gasteiger partial charge on any atom is -0.469 e. The molecule has 0 radical (unpaired) electrons. The number of nitrogens with zero attached hydrogens (tertiary/aromatic N) is 1. The fourth-order valence-electron chi connectivity index (χ4n) is 3.71. The highest BCUT2D eigenvalue weighted by molar-refractivity contribution is 5.80. The fraction of sp³-hybridized carbons (Fsp3) is 0.850. The fourth-order valence-corrected chi connectivity index (χ4v) is 3.71. The molecule has 150 valence electrons. The Balaban J connectivity index is 2.62. The summed E-state index contributed by atoms with van der Waals surface area (Å²) in [6.45, 7) is 6.61. The molecule has 0 bridgehead atoms. The quantitative estimate of drug-likeness (QED) is 0.602. The zero-order chi connectivity index (χ0) is 19.5. The second kappa shape index (κ2) is 11.9. The molecule has 0 saturated heterocycles. The van der Waals surface area contributed by atoms with Crippen LogP contribution in [0.15, 0.2) is 0 Å². The smallest absolute Gasteiger partial charge is 0.310 e. The van der Waals surface area contributed by atoms with Gasteiger partial charge in [-0.25, -0.2) is 0 Å². The average Bonchev–Trinajstić information content (AvgIpc) is 2.64. The number of hydrogen-bond acceptors (Lipinski definition) is 4. The van der Waals surface area contributed by atoms with Crippen molar-refractivity contribution >= 4 is 17.8 Å². The number of carbonyl (C=O) groups is 3. The second-order valence-corrected chi connectivity index (χ2v) is 7.55. The number of carbonyl (C=O) groups excluding carboxylic acids is 3. The predicted octanol–water partition coefficient (Wildman–Crippen LogP) is 2.76. The first-order chi connectivity index (χ1) is 12.4. The Hall–Kier alpha value is -1.59. The van der Waals surface area contributed by atoms with Gasteiger partial charge in [-0.15, -0.1) is 0 Å². The highest BCUT2D eigenvalue weighted by Gasteiger charge is 2.30. The van der Waals surface area contributed by atoms with E-state index in [0.29, 0.717) is 19.6 Å². The van der Waals surface area contributed by atoms with Crippen LogP contribution in [0.3, 0.4) is 0 Å². The van der Waals surface area contributed by atoms with Gasteiger partial charge in [0, 0.05) is 32.5 Å². The van der Waals surface area contributed by atoms with Crippen molar-refractivity contribution in [2.45, 2.75) is 65.7 Å². The molecule has 26 heavy (non-hydrogen) atoms. The topological polar surface area (TPSA) is 75.7 Å². The molecule has 0 spiro atoms. The van der Waals surface area contributed by atoms with Crippen LogP contribution < -0.4 is 5.32 Å². The zero-order valence-electron chi connectivity index (χ0n) is 16.9. The highest BCUT2D eigenvalue weighted by Crippen LogP contribution is 2.33. The zero-order valence-corrected chi connectivity index (χ0v) is 16.9. The van der Waals surface area contributed by atoms with Gasteiger partial charge in [0.05, 0.1) is 13.0 Å². The van der Waals surface area contributed by atoms with Crippen molar-refractivity contribution in [1.29, 1.82) is 0 Å². The van der Waals surface area contributed by atoms with Gasteiger partial charge in [0.1, 0.15) is 0 Å². The Labute approximate surface area is 158 Å². The molecule has 1 saturated carbocycles. The molecule has 1 aliphatic carbocycles. The number of amides is 2. The van der Waals surface area contributed by atoms with Crippen molar-refractivity contribution in [2.75, 3.05) is 26.7 Å². The molecular formula is C20H36N2O4. The van der Waals surface area contributed by atoms with Crippen molar-refractivity contribution in [2.24, 2.45) is 17.8 Å². The Kier molecular flexibility index (Phi) is 10.3. The third-order valence-electron chi connectivity index (χ3n) is 5.33. The van der Waals surface area contributed by atoms with Crippen LogP contribution in [0.4, 0.5) is 0 Å². The monoisotopic (exact) mass is 368 g/mol. The maximum atomic E-state index is 13.0. The molecule has 0 aromatic carbocycles. The lowest BCUT2D eigenvalue weighted by atomic mass is 9.79. The van der Waals surface area contributed by atoms with E-state index in [0.717, 1.165) is 31.6 Å². The van der Waals surface area contributed by atoms with Crippen molar-refractivity contribution in [3.8, 4) is 0 Å². The van der Waals surface area contributed by atoms with E-state index >= 15 is 0 Å². The van der Waals surface area contributed by atoms with Gasteiger partial charge in [-0.05, 0) is 31.6 Å². The average molecular weight is 369 g/mol. The normalized spacial score (nSPS) is 20.9. The summed E-state index contributed by atoms with van der Waals surface area (Å²) in [5.41, 5.74) is 0. The summed E-state index contributed by atoms with van der Waals surface area (Å²) in [5, 5.41) is 2.73. The van der Waals surface area contributed by atoms with Gasteiger partial charge in [0.15, 0.2) is 0 Å². The van der Waals surface area contributed by atoms with Crippen LogP contribution in [0, 0.1) is 17.8 Å². The molecule has 6 heteroatoms. The molecule has 0 heterocycles. The lowest BCUT2D eigenvalue weighted by molar-refractivity contribution is -0.147. The summed E-state index contributed by atoms with van der Waals surface area (Å²) in [5.74, 6) is 0.0959. The first kappa shape index (κ1) is 22.5. The summed E-state index contributed by atoms with van der Waals surface area (Å²) in [6.07, 6.45) is 7.84. The summed E-state index contributed by atoms with van der Waals surface area (Å²) in [6, 6.07) is 0. The van der Waals surface area contributed by atoms with Crippen LogP contribution in [-0.2, 0) is 19.1 Å². The van der Waals surface area contributed by atoms with Crippen LogP contribution in [-0.4, -0.2) is 49.4 Å². The van der Waals surface area contributed by atoms with Gasteiger partial charge in [0.25, 0.3) is 0 Å². The summed E-state index contributed by atoms with van der Waals surface area (Å²) < 4.78 is 4.79. The van der Waals surface area contributed by atoms with Crippen molar-refractivity contribution < 1.29 is 19.1 Å². The Morgan fingerprint density at radius 3 is 2.38 bits per heavy atom. The van der Waals surface area contributed by atoms with Gasteiger partial charge in [-0.2, -0.15) is 0 Å². The van der Waals surface area contributed by atoms with E-state index in [-0.39, 0.29) is 29.6 Å². The second-order valence-electron chi connectivity index (χ2n) is 7.55. The lowest BCUT2D eigenvalue weighted by Crippen LogP contribution is -2.45. The Morgan fingerprint density at radius 2 is 1.85 bits per heavy atom. The molecule has 1 fully saturated rings. The molecule has 2 amide bonds. The van der Waals surface area contributed by atoms with E-state index in [4.69, 9.17) is 4.74 Å². The predicted molar refractivity (Wildman–Crippen MR) is 101 cm³/mol. The van der Waals surface area contributed by atoms with Gasteiger partial charge in [-0.3, -0.25) is 14.4 Å². The molecule has 6 nitrogen and oxygen atoms in total. The summed E-state index contributed by atoms with van der Waals surface area (Å²) in [4.78, 5) is 37.6. The Bertz CT molecular complexity index is 459. The molecule has 1 N–H and O–H groups in total. The number of ether oxygens (including phenoxy) is 1. The molecule has 1 rings (SSSR count). The standard InChI is InChI=1S/C20H36N2O4/c1-5-6-7-17-8-10-18(11-9-17)19(24)22(13-12-21-16(3)23)14-15(2)20(25)26-4/h15,17-18H,5-14H2,1-4H3,(H,21,23). The third-order valence-corrected chi connectivity index (χ3v) is 5.33. The maximum Gasteiger partial charge on any atom is 0.310 e. The van der Waals surface area contributed by atoms with Gasteiger partial charge < -0.3 is 15.0 Å². The van der Waals surface area contributed by atoms with Crippen LogP contribution in [0.1, 0.15) is 65.7 Å². The van der Waals surface area contributed by atoms with Crippen LogP contribution >= 0.6 is 0 Å². The van der Waals surface area contributed by atoms with E-state index in [1.165, 1.54) is 33.3 Å². The molecule has 0 aromatic heterocycles. The molecule has 1 aliphatic rings. The van der Waals surface area contributed by atoms with Gasteiger partial charge >= 0.3 is 5.97 Å². The van der Waals surface area contributed by atoms with E-state index in [2.05, 4.69) is 12.2 Å². The third kappa shape index (κ3) is 7.75. The van der Waals surface area contributed by atoms with Crippen molar-refractivity contribution in [3.05, 3.63) is 0 Å². The minimum absolute atomic E-state index is 0.0371. The van der Waals surface area contributed by atoms with Crippen molar-refractivity contribution in [3.63, 3.8) is 0 Å². The van der Waals surface area contributed by atoms with E-state index < -0.39 is 0 Å². The van der Waals surface area contributed by atoms with E-state index in [1.54, 1.807) is 11.8 Å². The lowest BCUT2D eigenvalue weighted by Gasteiger charge is -2.33. The number of hydrogen-bond donors (Lipinski definition) is 1. The SMILES string of the molecule is CCCCC1CCC(C(=O)N(CCNC(C)=O)CC(C)C(=O)OC)CC1. The summed E-state index contributed by atoms with van der Waals surface area (Å²) in [7, 11) is 1.36. The number of rotatable bonds is 10. The first-order valence-corrected chi connectivity index (χ1v) is 10.00.